The standard InChI is InChI=1S/C21H31N3O/c1-16(18-6-3-2-4-7-18)24(15-17-9-10-17)21(25)22-19-11-13-23-12-5-8-20(23)14-19/h2-4,6-7,16-17,19-20H,5,8-15H2,1H3,(H,22,25). The largest absolute Gasteiger partial charge is 0.335 e. The number of urea groups is 1. The van der Waals surface area contributed by atoms with Crippen molar-refractivity contribution >= 4 is 6.03 Å². The fourth-order valence-electron chi connectivity index (χ4n) is 4.52. The van der Waals surface area contributed by atoms with Crippen molar-refractivity contribution in [1.82, 2.24) is 15.1 Å². The highest BCUT2D eigenvalue weighted by molar-refractivity contribution is 5.75. The van der Waals surface area contributed by atoms with E-state index in [1.54, 1.807) is 0 Å². The van der Waals surface area contributed by atoms with Crippen molar-refractivity contribution in [2.45, 2.75) is 63.6 Å². The minimum Gasteiger partial charge on any atom is -0.335 e. The van der Waals surface area contributed by atoms with E-state index in [0.717, 1.165) is 25.9 Å². The normalized spacial score (nSPS) is 27.6. The molecule has 2 heterocycles. The fourth-order valence-corrected chi connectivity index (χ4v) is 4.52. The summed E-state index contributed by atoms with van der Waals surface area (Å²) in [7, 11) is 0. The van der Waals surface area contributed by atoms with E-state index in [9.17, 15) is 4.79 Å². The van der Waals surface area contributed by atoms with E-state index in [1.807, 2.05) is 6.07 Å². The first-order valence-electron chi connectivity index (χ1n) is 10.1. The molecular weight excluding hydrogens is 310 g/mol. The highest BCUT2D eigenvalue weighted by atomic mass is 16.2. The zero-order chi connectivity index (χ0) is 17.2. The van der Waals surface area contributed by atoms with Crippen LogP contribution < -0.4 is 5.32 Å². The third kappa shape index (κ3) is 4.00. The number of hydrogen-bond acceptors (Lipinski definition) is 2. The zero-order valence-electron chi connectivity index (χ0n) is 15.4. The van der Waals surface area contributed by atoms with Gasteiger partial charge in [0.05, 0.1) is 6.04 Å². The van der Waals surface area contributed by atoms with Crippen molar-refractivity contribution in [2.24, 2.45) is 5.92 Å². The Labute approximate surface area is 151 Å². The molecule has 1 aliphatic carbocycles. The van der Waals surface area contributed by atoms with E-state index >= 15 is 0 Å². The van der Waals surface area contributed by atoms with Crippen LogP contribution in [-0.4, -0.2) is 47.5 Å². The first kappa shape index (κ1) is 16.9. The van der Waals surface area contributed by atoms with Crippen molar-refractivity contribution in [3.63, 3.8) is 0 Å². The minimum atomic E-state index is 0.133. The van der Waals surface area contributed by atoms with Crippen LogP contribution in [0.1, 0.15) is 57.1 Å². The average molecular weight is 341 g/mol. The van der Waals surface area contributed by atoms with E-state index in [0.29, 0.717) is 18.0 Å². The molecule has 3 aliphatic rings. The molecule has 0 spiro atoms. The van der Waals surface area contributed by atoms with Crippen molar-refractivity contribution in [2.75, 3.05) is 19.6 Å². The van der Waals surface area contributed by atoms with E-state index in [2.05, 4.69) is 46.3 Å². The van der Waals surface area contributed by atoms with Crippen LogP contribution in [-0.2, 0) is 0 Å². The first-order chi connectivity index (χ1) is 12.2. The van der Waals surface area contributed by atoms with Crippen LogP contribution in [0.25, 0.3) is 0 Å². The lowest BCUT2D eigenvalue weighted by molar-refractivity contribution is 0.145. The van der Waals surface area contributed by atoms with Crippen molar-refractivity contribution in [3.8, 4) is 0 Å². The van der Waals surface area contributed by atoms with Gasteiger partial charge in [-0.2, -0.15) is 0 Å². The van der Waals surface area contributed by atoms with E-state index in [1.165, 1.54) is 37.8 Å². The molecule has 2 saturated heterocycles. The molecule has 4 rings (SSSR count). The lowest BCUT2D eigenvalue weighted by Crippen LogP contribution is -2.51. The van der Waals surface area contributed by atoms with Crippen LogP contribution in [0.3, 0.4) is 0 Å². The van der Waals surface area contributed by atoms with Crippen LogP contribution in [0, 0.1) is 5.92 Å². The highest BCUT2D eigenvalue weighted by Gasteiger charge is 2.35. The second-order valence-electron chi connectivity index (χ2n) is 8.19. The maximum absolute atomic E-state index is 13.1. The Kier molecular flexibility index (Phi) is 4.98. The van der Waals surface area contributed by atoms with Gasteiger partial charge in [-0.25, -0.2) is 4.79 Å². The van der Waals surface area contributed by atoms with Crippen LogP contribution in [0.5, 0.6) is 0 Å². The van der Waals surface area contributed by atoms with Gasteiger partial charge in [-0.3, -0.25) is 0 Å². The molecule has 2 aliphatic heterocycles. The van der Waals surface area contributed by atoms with Gasteiger partial charge in [0.1, 0.15) is 0 Å². The Morgan fingerprint density at radius 2 is 2.00 bits per heavy atom. The van der Waals surface area contributed by atoms with Crippen LogP contribution >= 0.6 is 0 Å². The van der Waals surface area contributed by atoms with E-state index < -0.39 is 0 Å². The summed E-state index contributed by atoms with van der Waals surface area (Å²) >= 11 is 0. The summed E-state index contributed by atoms with van der Waals surface area (Å²) in [5.41, 5.74) is 1.23. The topological polar surface area (TPSA) is 35.6 Å². The predicted molar refractivity (Wildman–Crippen MR) is 100 cm³/mol. The molecule has 3 fully saturated rings. The highest BCUT2D eigenvalue weighted by Crippen LogP contribution is 2.33. The third-order valence-electron chi connectivity index (χ3n) is 6.31. The first-order valence-corrected chi connectivity index (χ1v) is 10.1. The van der Waals surface area contributed by atoms with Gasteiger partial charge < -0.3 is 15.1 Å². The van der Waals surface area contributed by atoms with Gasteiger partial charge in [0.2, 0.25) is 0 Å². The van der Waals surface area contributed by atoms with Gasteiger partial charge in [0.15, 0.2) is 0 Å². The lowest BCUT2D eigenvalue weighted by atomic mass is 9.97. The summed E-state index contributed by atoms with van der Waals surface area (Å²) in [5.74, 6) is 0.702. The molecule has 0 bridgehead atoms. The Morgan fingerprint density at radius 1 is 1.20 bits per heavy atom. The molecule has 0 radical (unpaired) electrons. The molecule has 4 heteroatoms. The number of nitrogens with zero attached hydrogens (tertiary/aromatic N) is 2. The lowest BCUT2D eigenvalue weighted by Gasteiger charge is -2.37. The van der Waals surface area contributed by atoms with Crippen molar-refractivity contribution < 1.29 is 4.79 Å². The van der Waals surface area contributed by atoms with Crippen molar-refractivity contribution in [3.05, 3.63) is 35.9 Å². The average Bonchev–Trinajstić information content (AvgIpc) is 3.34. The Bertz CT molecular complexity index is 586. The molecule has 25 heavy (non-hydrogen) atoms. The third-order valence-corrected chi connectivity index (χ3v) is 6.31. The SMILES string of the molecule is CC(c1ccccc1)N(CC1CC1)C(=O)NC1CCN2CCCC2C1. The molecular formula is C21H31N3O. The number of fused-ring (bicyclic) bond motifs is 1. The van der Waals surface area contributed by atoms with Gasteiger partial charge in [-0.1, -0.05) is 30.3 Å². The molecule has 1 N–H and O–H groups in total. The summed E-state index contributed by atoms with van der Waals surface area (Å²) in [5, 5.41) is 3.38. The molecule has 4 nitrogen and oxygen atoms in total. The smallest absolute Gasteiger partial charge is 0.318 e. The Balaban J connectivity index is 1.41. The number of benzene rings is 1. The Morgan fingerprint density at radius 3 is 2.76 bits per heavy atom. The second-order valence-corrected chi connectivity index (χ2v) is 8.19. The number of carbonyl (C=O) groups excluding carboxylic acids is 1. The molecule has 2 amide bonds. The van der Waals surface area contributed by atoms with E-state index in [4.69, 9.17) is 0 Å². The van der Waals surface area contributed by atoms with Crippen LogP contribution in [0.4, 0.5) is 4.79 Å². The second kappa shape index (κ2) is 7.36. The van der Waals surface area contributed by atoms with E-state index in [-0.39, 0.29) is 12.1 Å². The van der Waals surface area contributed by atoms with Crippen LogP contribution in [0.2, 0.25) is 0 Å². The zero-order valence-corrected chi connectivity index (χ0v) is 15.4. The molecule has 1 saturated carbocycles. The molecule has 1 aromatic carbocycles. The van der Waals surface area contributed by atoms with Gasteiger partial charge in [0.25, 0.3) is 0 Å². The van der Waals surface area contributed by atoms with Gasteiger partial charge in [-0.05, 0) is 63.5 Å². The summed E-state index contributed by atoms with van der Waals surface area (Å²) < 4.78 is 0. The van der Waals surface area contributed by atoms with Gasteiger partial charge >= 0.3 is 6.03 Å². The number of carbonyl (C=O) groups is 1. The minimum absolute atomic E-state index is 0.133. The number of piperidine rings is 1. The number of rotatable bonds is 5. The van der Waals surface area contributed by atoms with Gasteiger partial charge in [0, 0.05) is 25.2 Å². The number of amides is 2. The van der Waals surface area contributed by atoms with Gasteiger partial charge in [-0.15, -0.1) is 0 Å². The maximum Gasteiger partial charge on any atom is 0.318 e. The molecule has 1 aromatic rings. The molecule has 136 valence electrons. The maximum atomic E-state index is 13.1. The van der Waals surface area contributed by atoms with Crippen LogP contribution in [0.15, 0.2) is 30.3 Å². The fraction of sp³-hybridized carbons (Fsp3) is 0.667. The monoisotopic (exact) mass is 341 g/mol. The predicted octanol–water partition coefficient (Wildman–Crippen LogP) is 3.80. The van der Waals surface area contributed by atoms with Crippen molar-refractivity contribution in [1.29, 1.82) is 0 Å². The summed E-state index contributed by atoms with van der Waals surface area (Å²) in [6.07, 6.45) is 7.39. The molecule has 0 aromatic heterocycles. The molecule has 3 unspecified atom stereocenters. The summed E-state index contributed by atoms with van der Waals surface area (Å²) in [6.45, 7) is 5.46. The number of nitrogens with one attached hydrogen (secondary N) is 1. The quantitative estimate of drug-likeness (QED) is 0.884. The number of hydrogen-bond donors (Lipinski definition) is 1. The molecule has 3 atom stereocenters. The summed E-state index contributed by atoms with van der Waals surface area (Å²) in [4.78, 5) is 17.8. The summed E-state index contributed by atoms with van der Waals surface area (Å²) in [6, 6.07) is 11.7. The Hall–Kier alpha value is -1.55.